The first-order valence-electron chi connectivity index (χ1n) is 4.58. The molecule has 1 rings (SSSR count). The zero-order chi connectivity index (χ0) is 10.4. The number of rotatable bonds is 5. The Kier molecular flexibility index (Phi) is 3.89. The van der Waals surface area contributed by atoms with Gasteiger partial charge in [0.25, 0.3) is 0 Å². The number of nitriles is 1. The minimum atomic E-state index is -0.298. The molecule has 1 atom stereocenters. The number of nitrogens with one attached hydrogen (secondary N) is 1. The molecule has 0 radical (unpaired) electrons. The molecule has 0 saturated carbocycles. The van der Waals surface area contributed by atoms with E-state index in [1.807, 2.05) is 13.1 Å². The third kappa shape index (κ3) is 2.44. The van der Waals surface area contributed by atoms with E-state index in [1.165, 1.54) is 0 Å². The quantitative estimate of drug-likeness (QED) is 0.711. The maximum absolute atomic E-state index is 8.90. The average molecular weight is 190 g/mol. The molecule has 4 nitrogen and oxygen atoms in total. The summed E-state index contributed by atoms with van der Waals surface area (Å²) in [6, 6.07) is 1.88. The second-order valence-corrected chi connectivity index (χ2v) is 2.89. The van der Waals surface area contributed by atoms with Crippen LogP contribution in [0.25, 0.3) is 0 Å². The third-order valence-corrected chi connectivity index (χ3v) is 1.91. The van der Waals surface area contributed by atoms with E-state index >= 15 is 0 Å². The van der Waals surface area contributed by atoms with Crippen LogP contribution in [0.15, 0.2) is 25.0 Å². The lowest BCUT2D eigenvalue weighted by Crippen LogP contribution is -2.19. The Morgan fingerprint density at radius 2 is 2.64 bits per heavy atom. The summed E-state index contributed by atoms with van der Waals surface area (Å²) >= 11 is 0. The molecule has 14 heavy (non-hydrogen) atoms. The molecule has 0 aliphatic heterocycles. The van der Waals surface area contributed by atoms with Crippen molar-refractivity contribution in [2.24, 2.45) is 0 Å². The summed E-state index contributed by atoms with van der Waals surface area (Å²) in [7, 11) is 0. The van der Waals surface area contributed by atoms with E-state index in [9.17, 15) is 0 Å². The summed E-state index contributed by atoms with van der Waals surface area (Å²) in [4.78, 5) is 0. The van der Waals surface area contributed by atoms with Gasteiger partial charge in [-0.05, 0) is 6.92 Å². The van der Waals surface area contributed by atoms with Crippen molar-refractivity contribution < 1.29 is 0 Å². The molecule has 74 valence electrons. The molecule has 0 aliphatic carbocycles. The van der Waals surface area contributed by atoms with Crippen molar-refractivity contribution in [1.82, 2.24) is 15.1 Å². The predicted octanol–water partition coefficient (Wildman–Crippen LogP) is 1.24. The Bertz CT molecular complexity index is 334. The summed E-state index contributed by atoms with van der Waals surface area (Å²) in [5.41, 5.74) is 0.899. The molecule has 0 bridgehead atoms. The molecule has 4 heteroatoms. The highest BCUT2D eigenvalue weighted by molar-refractivity contribution is 5.17. The number of aryl methyl sites for hydroxylation is 1. The zero-order valence-electron chi connectivity index (χ0n) is 8.27. The number of hydrogen-bond donors (Lipinski definition) is 1. The number of nitrogens with zero attached hydrogens (tertiary/aromatic N) is 3. The smallest absolute Gasteiger partial charge is 0.124 e. The zero-order valence-corrected chi connectivity index (χ0v) is 8.27. The fourth-order valence-corrected chi connectivity index (χ4v) is 1.14. The van der Waals surface area contributed by atoms with Gasteiger partial charge in [0, 0.05) is 24.8 Å². The van der Waals surface area contributed by atoms with Crippen LogP contribution in [-0.4, -0.2) is 16.3 Å². The van der Waals surface area contributed by atoms with Gasteiger partial charge in [-0.1, -0.05) is 6.08 Å². The van der Waals surface area contributed by atoms with Gasteiger partial charge in [-0.3, -0.25) is 10.00 Å². The van der Waals surface area contributed by atoms with E-state index in [2.05, 4.69) is 23.1 Å². The molecule has 1 aromatic heterocycles. The summed E-state index contributed by atoms with van der Waals surface area (Å²) in [5, 5.41) is 16.1. The van der Waals surface area contributed by atoms with Gasteiger partial charge in [0.15, 0.2) is 0 Å². The minimum absolute atomic E-state index is 0.298. The standard InChI is InChI=1S/C10H14N4/c1-3-5-12-10(6-11)9-7-13-14(4-2)8-9/h3,7-8,10,12H,1,4-5H2,2H3. The van der Waals surface area contributed by atoms with Crippen LogP contribution in [0.3, 0.4) is 0 Å². The van der Waals surface area contributed by atoms with E-state index in [0.29, 0.717) is 6.54 Å². The van der Waals surface area contributed by atoms with Crippen molar-refractivity contribution in [1.29, 1.82) is 5.26 Å². The Morgan fingerprint density at radius 1 is 1.86 bits per heavy atom. The molecule has 0 aliphatic rings. The first-order chi connectivity index (χ1) is 6.81. The summed E-state index contributed by atoms with van der Waals surface area (Å²) in [5.74, 6) is 0. The van der Waals surface area contributed by atoms with Crippen molar-refractivity contribution in [3.05, 3.63) is 30.6 Å². The second kappa shape index (κ2) is 5.20. The fraction of sp³-hybridized carbons (Fsp3) is 0.400. The lowest BCUT2D eigenvalue weighted by Gasteiger charge is -2.06. The molecule has 0 aromatic carbocycles. The molecule has 0 amide bonds. The van der Waals surface area contributed by atoms with Gasteiger partial charge in [0.2, 0.25) is 0 Å². The van der Waals surface area contributed by atoms with Crippen LogP contribution in [0.5, 0.6) is 0 Å². The number of aromatic nitrogens is 2. The van der Waals surface area contributed by atoms with Crippen molar-refractivity contribution in [3.63, 3.8) is 0 Å². The summed E-state index contributed by atoms with van der Waals surface area (Å²) in [6.07, 6.45) is 5.33. The van der Waals surface area contributed by atoms with Gasteiger partial charge in [-0.25, -0.2) is 0 Å². The Morgan fingerprint density at radius 3 is 3.14 bits per heavy atom. The average Bonchev–Trinajstić information content (AvgIpc) is 2.68. The Hall–Kier alpha value is -1.60. The highest BCUT2D eigenvalue weighted by Gasteiger charge is 2.10. The van der Waals surface area contributed by atoms with E-state index < -0.39 is 0 Å². The van der Waals surface area contributed by atoms with Crippen LogP contribution in [0.1, 0.15) is 18.5 Å². The summed E-state index contributed by atoms with van der Waals surface area (Å²) < 4.78 is 1.80. The largest absolute Gasteiger partial charge is 0.295 e. The maximum atomic E-state index is 8.90. The molecule has 1 heterocycles. The van der Waals surface area contributed by atoms with Crippen LogP contribution in [0.4, 0.5) is 0 Å². The van der Waals surface area contributed by atoms with Crippen molar-refractivity contribution >= 4 is 0 Å². The SMILES string of the molecule is C=CCNC(C#N)c1cnn(CC)c1. The normalized spacial score (nSPS) is 12.0. The Labute approximate surface area is 83.8 Å². The van der Waals surface area contributed by atoms with Gasteiger partial charge < -0.3 is 0 Å². The van der Waals surface area contributed by atoms with Gasteiger partial charge in [0.1, 0.15) is 6.04 Å². The molecule has 0 spiro atoms. The molecule has 1 N–H and O–H groups in total. The van der Waals surface area contributed by atoms with E-state index in [1.54, 1.807) is 17.0 Å². The molecular weight excluding hydrogens is 176 g/mol. The molecule has 1 unspecified atom stereocenters. The lowest BCUT2D eigenvalue weighted by atomic mass is 10.2. The summed E-state index contributed by atoms with van der Waals surface area (Å²) in [6.45, 7) is 7.04. The van der Waals surface area contributed by atoms with Crippen LogP contribution in [0.2, 0.25) is 0 Å². The van der Waals surface area contributed by atoms with E-state index in [-0.39, 0.29) is 6.04 Å². The third-order valence-electron chi connectivity index (χ3n) is 1.91. The van der Waals surface area contributed by atoms with E-state index in [4.69, 9.17) is 5.26 Å². The van der Waals surface area contributed by atoms with Crippen molar-refractivity contribution in [2.75, 3.05) is 6.54 Å². The first-order valence-corrected chi connectivity index (χ1v) is 4.58. The first kappa shape index (κ1) is 10.5. The fourth-order valence-electron chi connectivity index (χ4n) is 1.14. The molecule has 0 fully saturated rings. The highest BCUT2D eigenvalue weighted by atomic mass is 15.3. The van der Waals surface area contributed by atoms with Crippen LogP contribution < -0.4 is 5.32 Å². The van der Waals surface area contributed by atoms with Crippen LogP contribution in [-0.2, 0) is 6.54 Å². The van der Waals surface area contributed by atoms with Crippen molar-refractivity contribution in [2.45, 2.75) is 19.5 Å². The van der Waals surface area contributed by atoms with Gasteiger partial charge in [-0.2, -0.15) is 10.4 Å². The van der Waals surface area contributed by atoms with Gasteiger partial charge in [0.05, 0.1) is 12.3 Å². The second-order valence-electron chi connectivity index (χ2n) is 2.89. The van der Waals surface area contributed by atoms with Crippen LogP contribution in [0, 0.1) is 11.3 Å². The maximum Gasteiger partial charge on any atom is 0.124 e. The Balaban J connectivity index is 2.69. The molecule has 1 aromatic rings. The molecular formula is C10H14N4. The van der Waals surface area contributed by atoms with Crippen molar-refractivity contribution in [3.8, 4) is 6.07 Å². The highest BCUT2D eigenvalue weighted by Crippen LogP contribution is 2.10. The minimum Gasteiger partial charge on any atom is -0.295 e. The van der Waals surface area contributed by atoms with Crippen LogP contribution >= 0.6 is 0 Å². The van der Waals surface area contributed by atoms with E-state index in [0.717, 1.165) is 12.1 Å². The monoisotopic (exact) mass is 190 g/mol. The van der Waals surface area contributed by atoms with Gasteiger partial charge in [-0.15, -0.1) is 6.58 Å². The lowest BCUT2D eigenvalue weighted by molar-refractivity contribution is 0.653. The predicted molar refractivity (Wildman–Crippen MR) is 54.5 cm³/mol. The number of hydrogen-bond acceptors (Lipinski definition) is 3. The molecule has 0 saturated heterocycles. The van der Waals surface area contributed by atoms with Gasteiger partial charge >= 0.3 is 0 Å². The topological polar surface area (TPSA) is 53.6 Å².